The van der Waals surface area contributed by atoms with E-state index in [1.165, 1.54) is 6.92 Å². The van der Waals surface area contributed by atoms with Crippen LogP contribution >= 0.6 is 11.3 Å². The Morgan fingerprint density at radius 2 is 2.21 bits per heavy atom. The topological polar surface area (TPSA) is 50.2 Å². The molecule has 0 aromatic carbocycles. The van der Waals surface area contributed by atoms with E-state index in [2.05, 4.69) is 4.98 Å². The Bertz CT molecular complexity index is 347. The second-order valence-electron chi connectivity index (χ2n) is 2.64. The van der Waals surface area contributed by atoms with Gasteiger partial charge in [0.1, 0.15) is 0 Å². The average Bonchev–Trinajstić information content (AvgIpc) is 2.49. The van der Waals surface area contributed by atoms with Gasteiger partial charge in [0.05, 0.1) is 11.6 Å². The summed E-state index contributed by atoms with van der Waals surface area (Å²) >= 11 is 0.403. The van der Waals surface area contributed by atoms with Crippen molar-refractivity contribution in [2.45, 2.75) is 19.0 Å². The zero-order chi connectivity index (χ0) is 10.9. The molecule has 1 unspecified atom stereocenters. The second kappa shape index (κ2) is 3.56. The van der Waals surface area contributed by atoms with Gasteiger partial charge in [0.2, 0.25) is 0 Å². The molecular formula is C7H6F3NO2S. The van der Waals surface area contributed by atoms with Crippen molar-refractivity contribution in [3.8, 4) is 0 Å². The van der Waals surface area contributed by atoms with Crippen molar-refractivity contribution in [3.05, 3.63) is 16.1 Å². The molecule has 0 saturated carbocycles. The normalized spacial score (nSPS) is 14.0. The van der Waals surface area contributed by atoms with Gasteiger partial charge in [-0.2, -0.15) is 13.2 Å². The van der Waals surface area contributed by atoms with Crippen molar-refractivity contribution in [2.75, 3.05) is 0 Å². The smallest absolute Gasteiger partial charge is 0.443 e. The zero-order valence-electron chi connectivity index (χ0n) is 7.00. The number of rotatable bonds is 2. The molecule has 3 nitrogen and oxygen atoms in total. The lowest BCUT2D eigenvalue weighted by molar-refractivity contribution is -0.140. The lowest BCUT2D eigenvalue weighted by Crippen LogP contribution is -2.09. The van der Waals surface area contributed by atoms with Gasteiger partial charge in [-0.05, 0) is 6.92 Å². The minimum Gasteiger partial charge on any atom is -0.481 e. The molecule has 1 aromatic heterocycles. The minimum absolute atomic E-state index is 0.0603. The molecule has 14 heavy (non-hydrogen) atoms. The fourth-order valence-corrected chi connectivity index (χ4v) is 1.52. The standard InChI is InChI=1S/C7H6F3NO2S/c1-3(5(12)13)4-2-14-6(11-4)7(8,9)10/h2-3H,1H3,(H,12,13). The highest BCUT2D eigenvalue weighted by Crippen LogP contribution is 2.33. The van der Waals surface area contributed by atoms with Crippen LogP contribution in [-0.2, 0) is 11.0 Å². The van der Waals surface area contributed by atoms with Crippen molar-refractivity contribution >= 4 is 17.3 Å². The van der Waals surface area contributed by atoms with Crippen molar-refractivity contribution < 1.29 is 23.1 Å². The number of hydrogen-bond acceptors (Lipinski definition) is 3. The highest BCUT2D eigenvalue weighted by molar-refractivity contribution is 7.09. The van der Waals surface area contributed by atoms with E-state index in [1.807, 2.05) is 0 Å². The van der Waals surface area contributed by atoms with Gasteiger partial charge >= 0.3 is 12.1 Å². The van der Waals surface area contributed by atoms with E-state index in [0.29, 0.717) is 11.3 Å². The van der Waals surface area contributed by atoms with Crippen LogP contribution in [0.15, 0.2) is 5.38 Å². The number of nitrogens with zero attached hydrogens (tertiary/aromatic N) is 1. The van der Waals surface area contributed by atoms with Gasteiger partial charge in [-0.25, -0.2) is 4.98 Å². The third kappa shape index (κ3) is 2.22. The molecule has 0 fully saturated rings. The molecule has 0 aliphatic rings. The average molecular weight is 225 g/mol. The molecule has 0 aliphatic heterocycles. The summed E-state index contributed by atoms with van der Waals surface area (Å²) in [6, 6.07) is 0. The summed E-state index contributed by atoms with van der Waals surface area (Å²) in [6.45, 7) is 1.29. The van der Waals surface area contributed by atoms with Crippen LogP contribution < -0.4 is 0 Å². The summed E-state index contributed by atoms with van der Waals surface area (Å²) in [4.78, 5) is 13.7. The van der Waals surface area contributed by atoms with Gasteiger partial charge in [-0.3, -0.25) is 4.79 Å². The van der Waals surface area contributed by atoms with Gasteiger partial charge in [0.25, 0.3) is 0 Å². The van der Waals surface area contributed by atoms with Crippen LogP contribution in [0.3, 0.4) is 0 Å². The number of hydrogen-bond donors (Lipinski definition) is 1. The summed E-state index contributed by atoms with van der Waals surface area (Å²) in [5, 5.41) is 8.63. The Hall–Kier alpha value is -1.11. The van der Waals surface area contributed by atoms with Crippen molar-refractivity contribution in [2.24, 2.45) is 0 Å². The van der Waals surface area contributed by atoms with Crippen LogP contribution in [0.4, 0.5) is 13.2 Å². The number of carboxylic acids is 1. The van der Waals surface area contributed by atoms with E-state index in [9.17, 15) is 18.0 Å². The highest BCUT2D eigenvalue weighted by Gasteiger charge is 2.35. The van der Waals surface area contributed by atoms with Gasteiger partial charge in [0, 0.05) is 5.38 Å². The van der Waals surface area contributed by atoms with Crippen LogP contribution in [0.1, 0.15) is 23.5 Å². The maximum absolute atomic E-state index is 12.1. The molecule has 0 spiro atoms. The first kappa shape index (κ1) is 11.0. The molecule has 1 N–H and O–H groups in total. The van der Waals surface area contributed by atoms with Gasteiger partial charge in [-0.15, -0.1) is 11.3 Å². The largest absolute Gasteiger partial charge is 0.481 e. The molecular weight excluding hydrogens is 219 g/mol. The molecule has 1 atom stereocenters. The predicted molar refractivity (Wildman–Crippen MR) is 43.2 cm³/mol. The first-order chi connectivity index (χ1) is 6.32. The first-order valence-electron chi connectivity index (χ1n) is 3.58. The molecule has 1 heterocycles. The van der Waals surface area contributed by atoms with E-state index < -0.39 is 23.1 Å². The fraction of sp³-hybridized carbons (Fsp3) is 0.429. The Morgan fingerprint density at radius 1 is 1.64 bits per heavy atom. The number of thiazole rings is 1. The third-order valence-electron chi connectivity index (χ3n) is 1.58. The summed E-state index contributed by atoms with van der Waals surface area (Å²) in [5.74, 6) is -2.20. The van der Waals surface area contributed by atoms with Crippen LogP contribution in [0.25, 0.3) is 0 Å². The number of halogens is 3. The Morgan fingerprint density at radius 3 is 2.57 bits per heavy atom. The molecule has 1 rings (SSSR count). The highest BCUT2D eigenvalue weighted by atomic mass is 32.1. The van der Waals surface area contributed by atoms with Crippen LogP contribution in [0, 0.1) is 0 Å². The molecule has 0 amide bonds. The molecule has 0 saturated heterocycles. The summed E-state index contributed by atoms with van der Waals surface area (Å²) in [6.07, 6.45) is -4.50. The third-order valence-corrected chi connectivity index (χ3v) is 2.48. The van der Waals surface area contributed by atoms with E-state index in [4.69, 9.17) is 5.11 Å². The van der Waals surface area contributed by atoms with Crippen LogP contribution in [0.5, 0.6) is 0 Å². The van der Waals surface area contributed by atoms with Crippen LogP contribution in [-0.4, -0.2) is 16.1 Å². The molecule has 1 aromatic rings. The van der Waals surface area contributed by atoms with E-state index in [1.54, 1.807) is 0 Å². The molecule has 7 heteroatoms. The zero-order valence-corrected chi connectivity index (χ0v) is 7.82. The monoisotopic (exact) mass is 225 g/mol. The molecule has 0 aliphatic carbocycles. The SMILES string of the molecule is CC(C(=O)O)c1csc(C(F)(F)F)n1. The van der Waals surface area contributed by atoms with Gasteiger partial charge in [-0.1, -0.05) is 0 Å². The quantitative estimate of drug-likeness (QED) is 0.840. The maximum atomic E-state index is 12.1. The second-order valence-corrected chi connectivity index (χ2v) is 3.49. The van der Waals surface area contributed by atoms with Gasteiger partial charge < -0.3 is 5.11 Å². The Kier molecular flexibility index (Phi) is 2.79. The van der Waals surface area contributed by atoms with Gasteiger partial charge in [0.15, 0.2) is 5.01 Å². The maximum Gasteiger partial charge on any atom is 0.443 e. The molecule has 0 radical (unpaired) electrons. The van der Waals surface area contributed by atoms with E-state index in [-0.39, 0.29) is 5.69 Å². The first-order valence-corrected chi connectivity index (χ1v) is 4.45. The number of carbonyl (C=O) groups is 1. The van der Waals surface area contributed by atoms with Crippen molar-refractivity contribution in [3.63, 3.8) is 0 Å². The Labute approximate surface area is 81.2 Å². The minimum atomic E-state index is -4.50. The fourth-order valence-electron chi connectivity index (χ4n) is 0.742. The Balaban J connectivity index is 2.94. The van der Waals surface area contributed by atoms with Crippen molar-refractivity contribution in [1.29, 1.82) is 0 Å². The lowest BCUT2D eigenvalue weighted by Gasteiger charge is -2.02. The molecule has 78 valence electrons. The number of alkyl halides is 3. The van der Waals surface area contributed by atoms with Crippen LogP contribution in [0.2, 0.25) is 0 Å². The summed E-state index contributed by atoms with van der Waals surface area (Å²) < 4.78 is 36.2. The number of carboxylic acid groups (broad SMARTS) is 1. The number of aromatic nitrogens is 1. The molecule has 0 bridgehead atoms. The van der Waals surface area contributed by atoms with Crippen molar-refractivity contribution in [1.82, 2.24) is 4.98 Å². The number of aliphatic carboxylic acids is 1. The van der Waals surface area contributed by atoms with E-state index >= 15 is 0 Å². The summed E-state index contributed by atoms with van der Waals surface area (Å²) in [7, 11) is 0. The van der Waals surface area contributed by atoms with E-state index in [0.717, 1.165) is 5.38 Å². The predicted octanol–water partition coefficient (Wildman–Crippen LogP) is 2.35. The lowest BCUT2D eigenvalue weighted by atomic mass is 10.1. The summed E-state index contributed by atoms with van der Waals surface area (Å²) in [5.41, 5.74) is -0.0603.